The van der Waals surface area contributed by atoms with Gasteiger partial charge in [-0.25, -0.2) is 0 Å². The van der Waals surface area contributed by atoms with Gasteiger partial charge >= 0.3 is 0 Å². The Morgan fingerprint density at radius 2 is 2.00 bits per heavy atom. The van der Waals surface area contributed by atoms with E-state index in [9.17, 15) is 0 Å². The number of benzene rings is 1. The molecule has 1 aliphatic rings. The summed E-state index contributed by atoms with van der Waals surface area (Å²) < 4.78 is 6.10. The van der Waals surface area contributed by atoms with Crippen molar-refractivity contribution >= 4 is 10.8 Å². The monoisotopic (exact) mass is 257 g/mol. The summed E-state index contributed by atoms with van der Waals surface area (Å²) >= 11 is 0. The van der Waals surface area contributed by atoms with E-state index in [2.05, 4.69) is 28.5 Å². The summed E-state index contributed by atoms with van der Waals surface area (Å²) in [6, 6.07) is 8.15. The molecule has 1 aromatic carbocycles. The van der Waals surface area contributed by atoms with Gasteiger partial charge in [0.1, 0.15) is 6.10 Å². The molecule has 4 nitrogen and oxygen atoms in total. The Balaban J connectivity index is 1.94. The Labute approximate surface area is 113 Å². The van der Waals surface area contributed by atoms with Gasteiger partial charge in [-0.3, -0.25) is 0 Å². The third-order valence-electron chi connectivity index (χ3n) is 3.86. The minimum absolute atomic E-state index is 0.175. The second-order valence-corrected chi connectivity index (χ2v) is 5.26. The third-order valence-corrected chi connectivity index (χ3v) is 3.86. The molecule has 1 N–H and O–H groups in total. The third kappa shape index (κ3) is 2.40. The molecule has 0 radical (unpaired) electrons. The maximum absolute atomic E-state index is 6.10. The van der Waals surface area contributed by atoms with Gasteiger partial charge in [0.2, 0.25) is 5.88 Å². The first kappa shape index (κ1) is 12.4. The smallest absolute Gasteiger partial charge is 0.241 e. The number of rotatable bonds is 2. The molecule has 1 saturated heterocycles. The highest BCUT2D eigenvalue weighted by molar-refractivity contribution is 5.88. The van der Waals surface area contributed by atoms with E-state index in [0.717, 1.165) is 36.0 Å². The molecule has 1 aliphatic heterocycles. The zero-order valence-corrected chi connectivity index (χ0v) is 11.4. The number of nitrogens with one attached hydrogen (secondary N) is 1. The van der Waals surface area contributed by atoms with Crippen molar-refractivity contribution in [2.45, 2.75) is 26.4 Å². The van der Waals surface area contributed by atoms with Crippen LogP contribution in [0, 0.1) is 12.8 Å². The molecule has 1 aromatic heterocycles. The Hall–Kier alpha value is -1.68. The van der Waals surface area contributed by atoms with E-state index >= 15 is 0 Å². The van der Waals surface area contributed by atoms with Crippen molar-refractivity contribution in [3.05, 3.63) is 30.0 Å². The van der Waals surface area contributed by atoms with Gasteiger partial charge in [0.05, 0.1) is 5.69 Å². The standard InChI is InChI=1S/C15H19N3O/c1-10-7-8-16-9-14(10)19-15-13-6-4-3-5-12(13)11(2)17-18-15/h3-6,10,14,16H,7-9H2,1-2H3. The SMILES string of the molecule is Cc1nnc(OC2CNCCC2C)c2ccccc12. The number of hydrogen-bond acceptors (Lipinski definition) is 4. The molecule has 0 saturated carbocycles. The minimum atomic E-state index is 0.175. The lowest BCUT2D eigenvalue weighted by atomic mass is 9.97. The maximum atomic E-state index is 6.10. The molecule has 4 heteroatoms. The first-order valence-electron chi connectivity index (χ1n) is 6.85. The van der Waals surface area contributed by atoms with Gasteiger partial charge in [0.15, 0.2) is 0 Å². The first-order chi connectivity index (χ1) is 9.25. The van der Waals surface area contributed by atoms with Crippen molar-refractivity contribution in [1.82, 2.24) is 15.5 Å². The molecule has 2 aromatic rings. The quantitative estimate of drug-likeness (QED) is 0.897. The molecular weight excluding hydrogens is 238 g/mol. The predicted octanol–water partition coefficient (Wildman–Crippen LogP) is 2.32. The highest BCUT2D eigenvalue weighted by Gasteiger charge is 2.24. The van der Waals surface area contributed by atoms with Crippen LogP contribution in [0.4, 0.5) is 0 Å². The number of ether oxygens (including phenoxy) is 1. The van der Waals surface area contributed by atoms with E-state index in [1.807, 2.05) is 25.1 Å². The molecule has 100 valence electrons. The highest BCUT2D eigenvalue weighted by atomic mass is 16.5. The molecule has 2 atom stereocenters. The van der Waals surface area contributed by atoms with Crippen LogP contribution in [0.5, 0.6) is 5.88 Å². The van der Waals surface area contributed by atoms with Crippen LogP contribution in [0.15, 0.2) is 24.3 Å². The molecule has 2 unspecified atom stereocenters. The molecule has 19 heavy (non-hydrogen) atoms. The van der Waals surface area contributed by atoms with E-state index < -0.39 is 0 Å². The lowest BCUT2D eigenvalue weighted by Crippen LogP contribution is -2.43. The lowest BCUT2D eigenvalue weighted by molar-refractivity contribution is 0.110. The molecule has 0 spiro atoms. The van der Waals surface area contributed by atoms with Crippen molar-refractivity contribution < 1.29 is 4.74 Å². The van der Waals surface area contributed by atoms with Gasteiger partial charge in [0, 0.05) is 17.3 Å². The van der Waals surface area contributed by atoms with Crippen molar-refractivity contribution in [3.8, 4) is 5.88 Å². The average molecular weight is 257 g/mol. The lowest BCUT2D eigenvalue weighted by Gasteiger charge is -2.29. The van der Waals surface area contributed by atoms with Crippen LogP contribution >= 0.6 is 0 Å². The number of piperidine rings is 1. The van der Waals surface area contributed by atoms with Gasteiger partial charge in [-0.2, -0.15) is 5.10 Å². The number of nitrogens with zero attached hydrogens (tertiary/aromatic N) is 2. The zero-order chi connectivity index (χ0) is 13.2. The van der Waals surface area contributed by atoms with E-state index in [0.29, 0.717) is 11.8 Å². The van der Waals surface area contributed by atoms with Gasteiger partial charge in [0.25, 0.3) is 0 Å². The number of hydrogen-bond donors (Lipinski definition) is 1. The summed E-state index contributed by atoms with van der Waals surface area (Å²) in [5, 5.41) is 14.0. The normalized spacial score (nSPS) is 23.5. The van der Waals surface area contributed by atoms with Crippen LogP contribution in [0.25, 0.3) is 10.8 Å². The van der Waals surface area contributed by atoms with Gasteiger partial charge < -0.3 is 10.1 Å². The molecule has 0 aliphatic carbocycles. The van der Waals surface area contributed by atoms with Gasteiger partial charge in [-0.1, -0.05) is 25.1 Å². The fourth-order valence-corrected chi connectivity index (χ4v) is 2.56. The summed E-state index contributed by atoms with van der Waals surface area (Å²) in [4.78, 5) is 0. The topological polar surface area (TPSA) is 47.0 Å². The zero-order valence-electron chi connectivity index (χ0n) is 11.4. The van der Waals surface area contributed by atoms with Crippen molar-refractivity contribution in [1.29, 1.82) is 0 Å². The second kappa shape index (κ2) is 5.13. The van der Waals surface area contributed by atoms with Crippen LogP contribution in [0.3, 0.4) is 0 Å². The second-order valence-electron chi connectivity index (χ2n) is 5.26. The van der Waals surface area contributed by atoms with E-state index in [1.54, 1.807) is 0 Å². The predicted molar refractivity (Wildman–Crippen MR) is 75.3 cm³/mol. The summed E-state index contributed by atoms with van der Waals surface area (Å²) in [5.41, 5.74) is 0.942. The highest BCUT2D eigenvalue weighted by Crippen LogP contribution is 2.26. The maximum Gasteiger partial charge on any atom is 0.241 e. The van der Waals surface area contributed by atoms with Gasteiger partial charge in [-0.15, -0.1) is 5.10 Å². The number of aromatic nitrogens is 2. The fraction of sp³-hybridized carbons (Fsp3) is 0.467. The van der Waals surface area contributed by atoms with Crippen molar-refractivity contribution in [3.63, 3.8) is 0 Å². The average Bonchev–Trinajstić information content (AvgIpc) is 2.44. The fourth-order valence-electron chi connectivity index (χ4n) is 2.56. The van der Waals surface area contributed by atoms with Crippen LogP contribution in [-0.2, 0) is 0 Å². The first-order valence-corrected chi connectivity index (χ1v) is 6.85. The van der Waals surface area contributed by atoms with Crippen LogP contribution < -0.4 is 10.1 Å². The Bertz CT molecular complexity index is 585. The van der Waals surface area contributed by atoms with Crippen LogP contribution in [0.2, 0.25) is 0 Å². The number of fused-ring (bicyclic) bond motifs is 1. The molecule has 0 bridgehead atoms. The van der Waals surface area contributed by atoms with Gasteiger partial charge in [-0.05, 0) is 31.9 Å². The summed E-state index contributed by atoms with van der Waals surface area (Å²) in [7, 11) is 0. The van der Waals surface area contributed by atoms with Crippen LogP contribution in [0.1, 0.15) is 19.0 Å². The summed E-state index contributed by atoms with van der Waals surface area (Å²) in [5.74, 6) is 1.20. The Kier molecular flexibility index (Phi) is 3.34. The number of aryl methyl sites for hydroxylation is 1. The summed E-state index contributed by atoms with van der Waals surface area (Å²) in [6.45, 7) is 6.16. The Morgan fingerprint density at radius 1 is 1.21 bits per heavy atom. The Morgan fingerprint density at radius 3 is 2.79 bits per heavy atom. The molecule has 2 heterocycles. The van der Waals surface area contributed by atoms with Crippen molar-refractivity contribution in [2.75, 3.05) is 13.1 Å². The molecule has 3 rings (SSSR count). The van der Waals surface area contributed by atoms with E-state index in [4.69, 9.17) is 4.74 Å². The van der Waals surface area contributed by atoms with Crippen molar-refractivity contribution in [2.24, 2.45) is 5.92 Å². The molecular formula is C15H19N3O. The van der Waals surface area contributed by atoms with Crippen LogP contribution in [-0.4, -0.2) is 29.4 Å². The molecule has 1 fully saturated rings. The largest absolute Gasteiger partial charge is 0.471 e. The van der Waals surface area contributed by atoms with E-state index in [-0.39, 0.29) is 6.10 Å². The summed E-state index contributed by atoms with van der Waals surface area (Å²) in [6.07, 6.45) is 1.32. The minimum Gasteiger partial charge on any atom is -0.471 e. The van der Waals surface area contributed by atoms with E-state index in [1.165, 1.54) is 0 Å². The molecule has 0 amide bonds.